The highest BCUT2D eigenvalue weighted by Crippen LogP contribution is 2.11. The summed E-state index contributed by atoms with van der Waals surface area (Å²) in [6.45, 7) is 3.61. The van der Waals surface area contributed by atoms with Crippen LogP contribution in [0.1, 0.15) is 13.3 Å². The van der Waals surface area contributed by atoms with Gasteiger partial charge >= 0.3 is 0 Å². The SMILES string of the molecule is CCCOCC=C(Br)Br. The van der Waals surface area contributed by atoms with Crippen molar-refractivity contribution in [2.24, 2.45) is 0 Å². The zero-order valence-electron chi connectivity index (χ0n) is 5.36. The largest absolute Gasteiger partial charge is 0.377 e. The predicted octanol–water partition coefficient (Wildman–Crippen LogP) is 3.04. The van der Waals surface area contributed by atoms with Crippen molar-refractivity contribution in [3.05, 3.63) is 9.47 Å². The third-order valence-corrected chi connectivity index (χ3v) is 1.35. The summed E-state index contributed by atoms with van der Waals surface area (Å²) in [5.41, 5.74) is 0. The van der Waals surface area contributed by atoms with E-state index >= 15 is 0 Å². The first-order chi connectivity index (χ1) is 4.27. The summed E-state index contributed by atoms with van der Waals surface area (Å²) in [6, 6.07) is 0. The van der Waals surface area contributed by atoms with Gasteiger partial charge in [-0.05, 0) is 44.4 Å². The predicted molar refractivity (Wildman–Crippen MR) is 47.0 cm³/mol. The third-order valence-electron chi connectivity index (χ3n) is 0.704. The summed E-state index contributed by atoms with van der Waals surface area (Å²) in [4.78, 5) is 0. The van der Waals surface area contributed by atoms with Gasteiger partial charge in [-0.25, -0.2) is 0 Å². The van der Waals surface area contributed by atoms with E-state index in [1.807, 2.05) is 6.08 Å². The Balaban J connectivity index is 3.00. The fourth-order valence-electron chi connectivity index (χ4n) is 0.350. The highest BCUT2D eigenvalue weighted by Gasteiger charge is 1.82. The Labute approximate surface area is 72.7 Å². The molecule has 0 spiro atoms. The van der Waals surface area contributed by atoms with Gasteiger partial charge in [-0.2, -0.15) is 0 Å². The van der Waals surface area contributed by atoms with E-state index in [-0.39, 0.29) is 0 Å². The van der Waals surface area contributed by atoms with Gasteiger partial charge in [0.25, 0.3) is 0 Å². The molecule has 0 aliphatic carbocycles. The van der Waals surface area contributed by atoms with Crippen LogP contribution in [0.25, 0.3) is 0 Å². The molecular weight excluding hydrogens is 248 g/mol. The third kappa shape index (κ3) is 8.66. The van der Waals surface area contributed by atoms with E-state index in [1.165, 1.54) is 0 Å². The highest BCUT2D eigenvalue weighted by molar-refractivity contribution is 9.28. The fraction of sp³-hybridized carbons (Fsp3) is 0.667. The lowest BCUT2D eigenvalue weighted by Gasteiger charge is -1.94. The lowest BCUT2D eigenvalue weighted by atomic mass is 10.5. The van der Waals surface area contributed by atoms with Gasteiger partial charge in [0.2, 0.25) is 0 Å². The van der Waals surface area contributed by atoms with Crippen LogP contribution in [0.4, 0.5) is 0 Å². The Kier molecular flexibility index (Phi) is 7.27. The maximum Gasteiger partial charge on any atom is 0.0666 e. The van der Waals surface area contributed by atoms with Crippen LogP contribution < -0.4 is 0 Å². The van der Waals surface area contributed by atoms with Gasteiger partial charge < -0.3 is 4.74 Å². The van der Waals surface area contributed by atoms with Gasteiger partial charge in [-0.1, -0.05) is 6.92 Å². The molecule has 0 aromatic carbocycles. The van der Waals surface area contributed by atoms with E-state index in [0.717, 1.165) is 16.4 Å². The molecule has 0 N–H and O–H groups in total. The van der Waals surface area contributed by atoms with E-state index in [2.05, 4.69) is 38.8 Å². The molecule has 0 unspecified atom stereocenters. The van der Waals surface area contributed by atoms with Crippen LogP contribution >= 0.6 is 31.9 Å². The summed E-state index contributed by atoms with van der Waals surface area (Å²) in [7, 11) is 0. The molecule has 0 aromatic rings. The van der Waals surface area contributed by atoms with Crippen LogP contribution in [-0.4, -0.2) is 13.2 Å². The molecular formula is C6H10Br2O. The van der Waals surface area contributed by atoms with Crippen molar-refractivity contribution in [2.45, 2.75) is 13.3 Å². The van der Waals surface area contributed by atoms with Crippen LogP contribution in [0, 0.1) is 0 Å². The summed E-state index contributed by atoms with van der Waals surface area (Å²) in [6.07, 6.45) is 3.00. The van der Waals surface area contributed by atoms with Crippen molar-refractivity contribution >= 4 is 31.9 Å². The maximum absolute atomic E-state index is 5.16. The second-order valence-corrected chi connectivity index (χ2v) is 4.34. The minimum atomic E-state index is 0.680. The zero-order chi connectivity index (χ0) is 7.11. The average molecular weight is 258 g/mol. The minimum absolute atomic E-state index is 0.680. The maximum atomic E-state index is 5.16. The van der Waals surface area contributed by atoms with E-state index in [0.29, 0.717) is 6.61 Å². The summed E-state index contributed by atoms with van der Waals surface area (Å²) in [5.74, 6) is 0. The van der Waals surface area contributed by atoms with Crippen molar-refractivity contribution in [2.75, 3.05) is 13.2 Å². The van der Waals surface area contributed by atoms with Crippen LogP contribution in [0.2, 0.25) is 0 Å². The minimum Gasteiger partial charge on any atom is -0.377 e. The number of hydrogen-bond acceptors (Lipinski definition) is 1. The first-order valence-electron chi connectivity index (χ1n) is 2.86. The standard InChI is InChI=1S/C6H10Br2O/c1-2-4-9-5-3-6(7)8/h3H,2,4-5H2,1H3. The lowest BCUT2D eigenvalue weighted by Crippen LogP contribution is -1.91. The monoisotopic (exact) mass is 256 g/mol. The van der Waals surface area contributed by atoms with Gasteiger partial charge in [0.15, 0.2) is 0 Å². The Morgan fingerprint density at radius 3 is 2.67 bits per heavy atom. The molecule has 1 nitrogen and oxygen atoms in total. The fourth-order valence-corrected chi connectivity index (χ4v) is 0.614. The summed E-state index contributed by atoms with van der Waals surface area (Å²) < 4.78 is 6.11. The highest BCUT2D eigenvalue weighted by atomic mass is 79.9. The Morgan fingerprint density at radius 2 is 2.22 bits per heavy atom. The van der Waals surface area contributed by atoms with Crippen molar-refractivity contribution in [3.8, 4) is 0 Å². The van der Waals surface area contributed by atoms with Gasteiger partial charge in [0.05, 0.1) is 10.00 Å². The van der Waals surface area contributed by atoms with Crippen LogP contribution in [0.5, 0.6) is 0 Å². The van der Waals surface area contributed by atoms with Crippen molar-refractivity contribution in [1.82, 2.24) is 0 Å². The molecule has 0 saturated carbocycles. The molecule has 0 aliphatic heterocycles. The van der Waals surface area contributed by atoms with Crippen LogP contribution in [0.15, 0.2) is 9.47 Å². The molecule has 9 heavy (non-hydrogen) atoms. The van der Waals surface area contributed by atoms with Gasteiger partial charge in [-0.15, -0.1) is 0 Å². The van der Waals surface area contributed by atoms with E-state index < -0.39 is 0 Å². The Morgan fingerprint density at radius 1 is 1.56 bits per heavy atom. The van der Waals surface area contributed by atoms with Gasteiger partial charge in [-0.3, -0.25) is 0 Å². The molecule has 0 fully saturated rings. The molecule has 0 aliphatic rings. The van der Waals surface area contributed by atoms with E-state index in [1.54, 1.807) is 0 Å². The van der Waals surface area contributed by atoms with Gasteiger partial charge in [0, 0.05) is 6.61 Å². The second kappa shape index (κ2) is 6.78. The topological polar surface area (TPSA) is 9.23 Å². The molecule has 0 heterocycles. The van der Waals surface area contributed by atoms with E-state index in [9.17, 15) is 0 Å². The number of hydrogen-bond donors (Lipinski definition) is 0. The molecule has 0 saturated heterocycles. The second-order valence-electron chi connectivity index (χ2n) is 1.57. The Bertz CT molecular complexity index is 87.1. The first-order valence-corrected chi connectivity index (χ1v) is 4.45. The molecule has 0 radical (unpaired) electrons. The molecule has 3 heteroatoms. The molecule has 0 bridgehead atoms. The summed E-state index contributed by atoms with van der Waals surface area (Å²) >= 11 is 6.45. The number of rotatable bonds is 4. The van der Waals surface area contributed by atoms with Crippen molar-refractivity contribution in [1.29, 1.82) is 0 Å². The zero-order valence-corrected chi connectivity index (χ0v) is 8.53. The molecule has 0 rings (SSSR count). The number of halogens is 2. The molecule has 0 aromatic heterocycles. The van der Waals surface area contributed by atoms with Crippen molar-refractivity contribution in [3.63, 3.8) is 0 Å². The van der Waals surface area contributed by atoms with Crippen molar-refractivity contribution < 1.29 is 4.74 Å². The normalized spacial score (nSPS) is 9.22. The van der Waals surface area contributed by atoms with Crippen LogP contribution in [0.3, 0.4) is 0 Å². The lowest BCUT2D eigenvalue weighted by molar-refractivity contribution is 0.163. The number of ether oxygens (including phenoxy) is 1. The van der Waals surface area contributed by atoms with E-state index in [4.69, 9.17) is 4.74 Å². The van der Waals surface area contributed by atoms with Crippen LogP contribution in [-0.2, 0) is 4.74 Å². The first kappa shape index (κ1) is 9.66. The summed E-state index contributed by atoms with van der Waals surface area (Å²) in [5, 5.41) is 0. The quantitative estimate of drug-likeness (QED) is 0.704. The average Bonchev–Trinajstić information content (AvgIpc) is 1.80. The smallest absolute Gasteiger partial charge is 0.0666 e. The molecule has 54 valence electrons. The Hall–Kier alpha value is 0.660. The molecule has 0 amide bonds. The molecule has 0 atom stereocenters. The van der Waals surface area contributed by atoms with Gasteiger partial charge in [0.1, 0.15) is 0 Å².